The third-order valence-corrected chi connectivity index (χ3v) is 6.80. The molecular formula is C25H28N2O5S2. The predicted octanol–water partition coefficient (Wildman–Crippen LogP) is 5.32. The van der Waals surface area contributed by atoms with Crippen LogP contribution in [0.3, 0.4) is 0 Å². The summed E-state index contributed by atoms with van der Waals surface area (Å²) in [4.78, 5) is 46.9. The highest BCUT2D eigenvalue weighted by molar-refractivity contribution is 7.10. The first-order valence-corrected chi connectivity index (χ1v) is 12.8. The molecule has 34 heavy (non-hydrogen) atoms. The zero-order valence-corrected chi connectivity index (χ0v) is 20.6. The monoisotopic (exact) mass is 500 g/mol. The van der Waals surface area contributed by atoms with Crippen LogP contribution in [0, 0.1) is 0 Å². The molecule has 0 fully saturated rings. The van der Waals surface area contributed by atoms with Crippen LogP contribution in [0.2, 0.25) is 0 Å². The number of benzene rings is 1. The fourth-order valence-electron chi connectivity index (χ4n) is 3.32. The SMILES string of the molecule is CCCCC(C(=O)ONC(=O)OCc1ccccc1)N(Cc1cccs1)C(=O)Cc1cccs1. The number of rotatable bonds is 11. The third kappa shape index (κ3) is 8.00. The van der Waals surface area contributed by atoms with Crippen molar-refractivity contribution in [3.8, 4) is 0 Å². The van der Waals surface area contributed by atoms with Crippen molar-refractivity contribution in [2.75, 3.05) is 0 Å². The van der Waals surface area contributed by atoms with Gasteiger partial charge >= 0.3 is 12.1 Å². The first-order valence-electron chi connectivity index (χ1n) is 11.1. The van der Waals surface area contributed by atoms with Crippen LogP contribution in [0.1, 0.15) is 41.5 Å². The van der Waals surface area contributed by atoms with Crippen LogP contribution in [0.15, 0.2) is 65.4 Å². The van der Waals surface area contributed by atoms with Gasteiger partial charge in [0, 0.05) is 9.75 Å². The van der Waals surface area contributed by atoms with Crippen LogP contribution < -0.4 is 5.48 Å². The van der Waals surface area contributed by atoms with E-state index in [1.807, 2.05) is 72.3 Å². The topological polar surface area (TPSA) is 84.9 Å². The summed E-state index contributed by atoms with van der Waals surface area (Å²) in [7, 11) is 0. The molecule has 0 bridgehead atoms. The van der Waals surface area contributed by atoms with E-state index in [0.717, 1.165) is 28.2 Å². The third-order valence-electron chi connectivity index (χ3n) is 5.06. The molecule has 0 spiro atoms. The van der Waals surface area contributed by atoms with Crippen molar-refractivity contribution >= 4 is 40.6 Å². The Hall–Kier alpha value is -3.17. The summed E-state index contributed by atoms with van der Waals surface area (Å²) in [6.07, 6.45) is 1.33. The maximum atomic E-state index is 13.3. The average Bonchev–Trinajstić information content (AvgIpc) is 3.56. The fourth-order valence-corrected chi connectivity index (χ4v) is 4.72. The summed E-state index contributed by atoms with van der Waals surface area (Å²) < 4.78 is 5.10. The van der Waals surface area contributed by atoms with E-state index in [1.54, 1.807) is 4.90 Å². The van der Waals surface area contributed by atoms with Crippen molar-refractivity contribution in [3.05, 3.63) is 80.7 Å². The Labute approximate surface area is 207 Å². The highest BCUT2D eigenvalue weighted by Gasteiger charge is 2.32. The van der Waals surface area contributed by atoms with Crippen LogP contribution in [-0.4, -0.2) is 28.9 Å². The molecule has 1 atom stereocenters. The molecule has 0 saturated carbocycles. The van der Waals surface area contributed by atoms with Gasteiger partial charge < -0.3 is 14.5 Å². The molecule has 0 saturated heterocycles. The molecule has 1 aromatic carbocycles. The van der Waals surface area contributed by atoms with E-state index in [0.29, 0.717) is 13.0 Å². The minimum atomic E-state index is -0.874. The van der Waals surface area contributed by atoms with Gasteiger partial charge in [0.25, 0.3) is 0 Å². The quantitative estimate of drug-likeness (QED) is 0.360. The predicted molar refractivity (Wildman–Crippen MR) is 132 cm³/mol. The second-order valence-corrected chi connectivity index (χ2v) is 9.66. The van der Waals surface area contributed by atoms with Gasteiger partial charge in [-0.15, -0.1) is 28.2 Å². The molecule has 0 aliphatic carbocycles. The van der Waals surface area contributed by atoms with Gasteiger partial charge in [0.1, 0.15) is 12.6 Å². The van der Waals surface area contributed by atoms with Gasteiger partial charge in [-0.2, -0.15) is 0 Å². The second-order valence-electron chi connectivity index (χ2n) is 7.60. The van der Waals surface area contributed by atoms with Crippen LogP contribution in [-0.2, 0) is 38.7 Å². The highest BCUT2D eigenvalue weighted by atomic mass is 32.1. The Kier molecular flexibility index (Phi) is 10.1. The van der Waals surface area contributed by atoms with Gasteiger partial charge in [0.15, 0.2) is 0 Å². The number of thiophene rings is 2. The van der Waals surface area contributed by atoms with Crippen LogP contribution in [0.5, 0.6) is 0 Å². The molecule has 2 amide bonds. The van der Waals surface area contributed by atoms with Crippen molar-refractivity contribution in [2.45, 2.75) is 51.8 Å². The lowest BCUT2D eigenvalue weighted by Crippen LogP contribution is -2.47. The molecule has 0 radical (unpaired) electrons. The molecule has 1 N–H and O–H groups in total. The van der Waals surface area contributed by atoms with Crippen LogP contribution in [0.4, 0.5) is 4.79 Å². The van der Waals surface area contributed by atoms with E-state index in [1.165, 1.54) is 22.7 Å². The van der Waals surface area contributed by atoms with E-state index in [9.17, 15) is 14.4 Å². The van der Waals surface area contributed by atoms with Gasteiger partial charge in [-0.25, -0.2) is 9.59 Å². The molecular weight excluding hydrogens is 472 g/mol. The number of carbonyl (C=O) groups is 3. The lowest BCUT2D eigenvalue weighted by Gasteiger charge is -2.30. The molecule has 0 aliphatic rings. The first-order chi connectivity index (χ1) is 16.6. The highest BCUT2D eigenvalue weighted by Crippen LogP contribution is 2.20. The Morgan fingerprint density at radius 3 is 2.32 bits per heavy atom. The number of nitrogens with zero attached hydrogens (tertiary/aromatic N) is 1. The maximum absolute atomic E-state index is 13.3. The molecule has 1 unspecified atom stereocenters. The number of unbranched alkanes of at least 4 members (excludes halogenated alkanes) is 1. The molecule has 3 rings (SSSR count). The minimum Gasteiger partial charge on any atom is -0.443 e. The summed E-state index contributed by atoms with van der Waals surface area (Å²) >= 11 is 3.02. The van der Waals surface area contributed by atoms with E-state index in [2.05, 4.69) is 5.48 Å². The van der Waals surface area contributed by atoms with Crippen LogP contribution >= 0.6 is 22.7 Å². The normalized spacial score (nSPS) is 11.4. The zero-order chi connectivity index (χ0) is 24.2. The maximum Gasteiger partial charge on any atom is 0.441 e. The molecule has 180 valence electrons. The van der Waals surface area contributed by atoms with Gasteiger partial charge in [-0.3, -0.25) is 4.79 Å². The van der Waals surface area contributed by atoms with Gasteiger partial charge in [-0.1, -0.05) is 62.2 Å². The number of nitrogens with one attached hydrogen (secondary N) is 1. The Balaban J connectivity index is 1.66. The number of carbonyl (C=O) groups excluding carboxylic acids is 3. The molecule has 9 heteroatoms. The fraction of sp³-hybridized carbons (Fsp3) is 0.320. The molecule has 7 nitrogen and oxygen atoms in total. The Morgan fingerprint density at radius 1 is 0.971 bits per heavy atom. The number of amides is 2. The summed E-state index contributed by atoms with van der Waals surface area (Å²) in [5.41, 5.74) is 2.88. The molecule has 0 aliphatic heterocycles. The largest absolute Gasteiger partial charge is 0.443 e. The van der Waals surface area contributed by atoms with Gasteiger partial charge in [0.05, 0.1) is 13.0 Å². The summed E-state index contributed by atoms with van der Waals surface area (Å²) in [6, 6.07) is 16.0. The average molecular weight is 501 g/mol. The number of ether oxygens (including phenoxy) is 1. The van der Waals surface area contributed by atoms with Crippen molar-refractivity contribution < 1.29 is 24.0 Å². The van der Waals surface area contributed by atoms with Gasteiger partial charge in [-0.05, 0) is 34.9 Å². The minimum absolute atomic E-state index is 0.0489. The summed E-state index contributed by atoms with van der Waals surface area (Å²) in [6.45, 7) is 2.36. The Morgan fingerprint density at radius 2 is 1.68 bits per heavy atom. The molecule has 2 aromatic heterocycles. The van der Waals surface area contributed by atoms with Crippen molar-refractivity contribution in [3.63, 3.8) is 0 Å². The first kappa shape index (κ1) is 25.5. The standard InChI is InChI=1S/C25H28N2O5S2/c1-2-3-13-22(24(29)32-26-25(30)31-18-19-9-5-4-6-10-19)27(17-21-12-8-15-34-21)23(28)16-20-11-7-14-33-20/h4-12,14-15,22H,2-3,13,16-18H2,1H3,(H,26,30). The zero-order valence-electron chi connectivity index (χ0n) is 19.0. The lowest BCUT2D eigenvalue weighted by molar-refractivity contribution is -0.161. The molecule has 2 heterocycles. The van der Waals surface area contributed by atoms with E-state index < -0.39 is 18.1 Å². The number of hydrogen-bond acceptors (Lipinski definition) is 7. The second kappa shape index (κ2) is 13.5. The molecule has 3 aromatic rings. The summed E-state index contributed by atoms with van der Waals surface area (Å²) in [5.74, 6) is -0.859. The van der Waals surface area contributed by atoms with Crippen LogP contribution in [0.25, 0.3) is 0 Å². The van der Waals surface area contributed by atoms with E-state index in [4.69, 9.17) is 9.57 Å². The van der Waals surface area contributed by atoms with Crippen molar-refractivity contribution in [1.82, 2.24) is 10.4 Å². The lowest BCUT2D eigenvalue weighted by atomic mass is 10.1. The van der Waals surface area contributed by atoms with Gasteiger partial charge in [0.2, 0.25) is 5.91 Å². The van der Waals surface area contributed by atoms with Crippen molar-refractivity contribution in [2.24, 2.45) is 0 Å². The van der Waals surface area contributed by atoms with E-state index >= 15 is 0 Å². The number of hydroxylamine groups is 1. The smallest absolute Gasteiger partial charge is 0.441 e. The summed E-state index contributed by atoms with van der Waals surface area (Å²) in [5, 5.41) is 3.85. The van der Waals surface area contributed by atoms with Crippen molar-refractivity contribution in [1.29, 1.82) is 0 Å². The number of hydrogen-bond donors (Lipinski definition) is 1. The van der Waals surface area contributed by atoms with E-state index in [-0.39, 0.29) is 18.9 Å². The Bertz CT molecular complexity index is 1020.